The lowest BCUT2D eigenvalue weighted by molar-refractivity contribution is -0.0877. The molecule has 5 heteroatoms. The van der Waals surface area contributed by atoms with Crippen LogP contribution in [0.2, 0.25) is 0 Å². The van der Waals surface area contributed by atoms with Crippen LogP contribution in [-0.4, -0.2) is 45.1 Å². The molecule has 29 heavy (non-hydrogen) atoms. The lowest BCUT2D eigenvalue weighted by Crippen LogP contribution is -2.61. The molecule has 2 aliphatic heterocycles. The van der Waals surface area contributed by atoms with Crippen LogP contribution in [0.1, 0.15) is 44.1 Å². The van der Waals surface area contributed by atoms with Crippen LogP contribution >= 0.6 is 0 Å². The van der Waals surface area contributed by atoms with E-state index in [1.165, 1.54) is 50.7 Å². The number of benzene rings is 1. The maximum Gasteiger partial charge on any atom is 0.156 e. The number of nitrogens with zero attached hydrogens (tertiary/aromatic N) is 3. The Kier molecular flexibility index (Phi) is 3.91. The van der Waals surface area contributed by atoms with Crippen molar-refractivity contribution >= 4 is 0 Å². The van der Waals surface area contributed by atoms with Gasteiger partial charge in [0.1, 0.15) is 5.82 Å². The van der Waals surface area contributed by atoms with Crippen molar-refractivity contribution in [3.05, 3.63) is 59.5 Å². The first-order valence-corrected chi connectivity index (χ1v) is 11.2. The average molecular weight is 396 g/mol. The zero-order chi connectivity index (χ0) is 19.6. The maximum absolute atomic E-state index is 13.2. The predicted octanol–water partition coefficient (Wildman–Crippen LogP) is 4.43. The fourth-order valence-electron chi connectivity index (χ4n) is 7.15. The summed E-state index contributed by atoms with van der Waals surface area (Å²) in [5, 5.41) is 10.9. The van der Waals surface area contributed by atoms with Crippen LogP contribution in [-0.2, 0) is 6.54 Å². The van der Waals surface area contributed by atoms with Crippen molar-refractivity contribution in [3.63, 3.8) is 0 Å². The molecule has 0 amide bonds. The third kappa shape index (κ3) is 3.01. The van der Waals surface area contributed by atoms with E-state index in [0.29, 0.717) is 5.76 Å². The smallest absolute Gasteiger partial charge is 0.156 e. The van der Waals surface area contributed by atoms with E-state index in [-0.39, 0.29) is 11.4 Å². The molecule has 1 N–H and O–H groups in total. The minimum absolute atomic E-state index is 0.199. The molecule has 7 rings (SSSR count). The Hall–Kier alpha value is -2.17. The third-order valence-corrected chi connectivity index (χ3v) is 8.08. The molecular formula is C24H30FN3O. The molecule has 4 nitrogen and oxygen atoms in total. The predicted molar refractivity (Wildman–Crippen MR) is 110 cm³/mol. The van der Waals surface area contributed by atoms with Crippen molar-refractivity contribution in [2.75, 3.05) is 19.8 Å². The molecule has 1 aromatic rings. The van der Waals surface area contributed by atoms with Crippen LogP contribution in [0.3, 0.4) is 0 Å². The molecule has 0 radical (unpaired) electrons. The quantitative estimate of drug-likeness (QED) is 0.820. The lowest BCUT2D eigenvalue weighted by atomic mass is 9.52. The Morgan fingerprint density at radius 3 is 2.24 bits per heavy atom. The zero-order valence-corrected chi connectivity index (χ0v) is 16.9. The summed E-state index contributed by atoms with van der Waals surface area (Å²) in [6, 6.07) is 6.71. The number of rotatable bonds is 3. The summed E-state index contributed by atoms with van der Waals surface area (Å²) in [6.07, 6.45) is 12.4. The molecule has 1 aromatic carbocycles. The first kappa shape index (κ1) is 17.7. The largest absolute Gasteiger partial charge is 0.504 e. The van der Waals surface area contributed by atoms with Gasteiger partial charge >= 0.3 is 0 Å². The number of hydrogen-bond acceptors (Lipinski definition) is 4. The summed E-state index contributed by atoms with van der Waals surface area (Å²) >= 11 is 0. The van der Waals surface area contributed by atoms with Gasteiger partial charge in [0.05, 0.1) is 12.4 Å². The number of aliphatic hydroxyl groups excluding tert-OH is 1. The molecule has 4 bridgehead atoms. The van der Waals surface area contributed by atoms with E-state index in [1.807, 2.05) is 18.3 Å². The Morgan fingerprint density at radius 1 is 0.931 bits per heavy atom. The highest BCUT2D eigenvalue weighted by atomic mass is 19.1. The Labute approximate surface area is 172 Å². The highest BCUT2D eigenvalue weighted by Crippen LogP contribution is 2.58. The minimum atomic E-state index is -0.199. The van der Waals surface area contributed by atoms with Gasteiger partial charge < -0.3 is 19.8 Å². The highest BCUT2D eigenvalue weighted by Gasteiger charge is 2.54. The molecule has 2 heterocycles. The summed E-state index contributed by atoms with van der Waals surface area (Å²) in [5.41, 5.74) is 2.30. The van der Waals surface area contributed by atoms with Crippen molar-refractivity contribution in [2.24, 2.45) is 17.8 Å². The summed E-state index contributed by atoms with van der Waals surface area (Å²) in [7, 11) is 0. The van der Waals surface area contributed by atoms with Gasteiger partial charge in [0.2, 0.25) is 0 Å². The minimum Gasteiger partial charge on any atom is -0.504 e. The second kappa shape index (κ2) is 6.41. The van der Waals surface area contributed by atoms with Crippen LogP contribution in [0.5, 0.6) is 0 Å². The van der Waals surface area contributed by atoms with Crippen molar-refractivity contribution in [3.8, 4) is 0 Å². The first-order chi connectivity index (χ1) is 14.1. The van der Waals surface area contributed by atoms with Gasteiger partial charge in [0.15, 0.2) is 5.76 Å². The van der Waals surface area contributed by atoms with Gasteiger partial charge in [-0.05, 0) is 74.0 Å². The molecule has 0 saturated heterocycles. The molecule has 0 atom stereocenters. The van der Waals surface area contributed by atoms with E-state index in [2.05, 4.69) is 20.9 Å². The molecular weight excluding hydrogens is 365 g/mol. The molecule has 154 valence electrons. The summed E-state index contributed by atoms with van der Waals surface area (Å²) in [6.45, 7) is 3.46. The Bertz CT molecular complexity index is 826. The lowest BCUT2D eigenvalue weighted by Gasteiger charge is -2.61. The van der Waals surface area contributed by atoms with Crippen LogP contribution in [0.15, 0.2) is 48.1 Å². The summed E-state index contributed by atoms with van der Waals surface area (Å²) in [5.74, 6) is 2.91. The van der Waals surface area contributed by atoms with E-state index in [4.69, 9.17) is 0 Å². The second-order valence-corrected chi connectivity index (χ2v) is 10.1. The summed E-state index contributed by atoms with van der Waals surface area (Å²) in [4.78, 5) is 7.07. The molecule has 4 fully saturated rings. The van der Waals surface area contributed by atoms with Crippen molar-refractivity contribution < 1.29 is 9.50 Å². The average Bonchev–Trinajstić information content (AvgIpc) is 2.69. The van der Waals surface area contributed by atoms with E-state index in [9.17, 15) is 9.50 Å². The fraction of sp³-hybridized carbons (Fsp3) is 0.583. The van der Waals surface area contributed by atoms with E-state index >= 15 is 0 Å². The topological polar surface area (TPSA) is 30.0 Å². The number of halogens is 1. The first-order valence-electron chi connectivity index (χ1n) is 11.2. The number of aliphatic hydroxyl groups is 1. The molecule has 0 unspecified atom stereocenters. The highest BCUT2D eigenvalue weighted by molar-refractivity contribution is 5.29. The molecule has 4 aliphatic carbocycles. The maximum atomic E-state index is 13.2. The van der Waals surface area contributed by atoms with Crippen molar-refractivity contribution in [1.29, 1.82) is 0 Å². The number of hydrogen-bond donors (Lipinski definition) is 1. The molecule has 6 aliphatic rings. The van der Waals surface area contributed by atoms with Gasteiger partial charge in [-0.15, -0.1) is 0 Å². The van der Waals surface area contributed by atoms with Crippen molar-refractivity contribution in [2.45, 2.75) is 50.6 Å². The van der Waals surface area contributed by atoms with Crippen LogP contribution in [0.25, 0.3) is 0 Å². The van der Waals surface area contributed by atoms with Crippen LogP contribution in [0, 0.1) is 23.6 Å². The van der Waals surface area contributed by atoms with Gasteiger partial charge in [-0.3, -0.25) is 0 Å². The Balaban J connectivity index is 1.23. The van der Waals surface area contributed by atoms with E-state index in [0.717, 1.165) is 55.3 Å². The van der Waals surface area contributed by atoms with Gasteiger partial charge in [-0.1, -0.05) is 12.1 Å². The van der Waals surface area contributed by atoms with E-state index < -0.39 is 0 Å². The normalized spacial score (nSPS) is 35.5. The standard InChI is InChI=1S/C24H30FN3O/c25-21-3-1-17(2-4-21)13-26-5-6-27-16-28(15-23(29)22(27)14-26)24-10-18-7-19(11-24)9-20(8-18)12-24/h1-4,14-15,18-20,29H,5-13,16H2. The summed E-state index contributed by atoms with van der Waals surface area (Å²) < 4.78 is 13.2. The van der Waals surface area contributed by atoms with Gasteiger partial charge in [0.25, 0.3) is 0 Å². The Morgan fingerprint density at radius 2 is 1.59 bits per heavy atom. The van der Waals surface area contributed by atoms with Crippen LogP contribution in [0.4, 0.5) is 4.39 Å². The molecule has 4 saturated carbocycles. The van der Waals surface area contributed by atoms with Gasteiger partial charge in [0, 0.05) is 37.6 Å². The second-order valence-electron chi connectivity index (χ2n) is 10.1. The van der Waals surface area contributed by atoms with Gasteiger partial charge in [-0.2, -0.15) is 0 Å². The van der Waals surface area contributed by atoms with E-state index in [1.54, 1.807) is 0 Å². The number of fused-ring (bicyclic) bond motifs is 1. The molecule has 0 spiro atoms. The third-order valence-electron chi connectivity index (χ3n) is 8.08. The fourth-order valence-corrected chi connectivity index (χ4v) is 7.15. The molecule has 0 aromatic heterocycles. The van der Waals surface area contributed by atoms with Crippen molar-refractivity contribution in [1.82, 2.24) is 14.7 Å². The van der Waals surface area contributed by atoms with Crippen LogP contribution < -0.4 is 0 Å². The monoisotopic (exact) mass is 395 g/mol. The SMILES string of the molecule is OC1=CN(C23CC4CC(CC(C4)C2)C3)CN2CCN(Cc3ccc(F)cc3)C=C12. The van der Waals surface area contributed by atoms with Gasteiger partial charge in [-0.25, -0.2) is 4.39 Å². The zero-order valence-electron chi connectivity index (χ0n) is 16.9.